The smallest absolute Gasteiger partial charge is 0.250 e. The Hall–Kier alpha value is -1.98. The van der Waals surface area contributed by atoms with Gasteiger partial charge in [-0.2, -0.15) is 5.10 Å². The highest BCUT2D eigenvalue weighted by Crippen LogP contribution is 2.19. The molecule has 6 heteroatoms. The topological polar surface area (TPSA) is 50.7 Å². The number of carbonyl (C=O) groups excluding carboxylic acids is 1. The first-order chi connectivity index (χ1) is 11.2. The summed E-state index contributed by atoms with van der Waals surface area (Å²) in [5.41, 5.74) is 3.39. The molecule has 0 unspecified atom stereocenters. The van der Waals surface area contributed by atoms with E-state index < -0.39 is 0 Å². The third-order valence-corrected chi connectivity index (χ3v) is 4.04. The van der Waals surface area contributed by atoms with E-state index in [4.69, 9.17) is 16.3 Å². The molecule has 0 radical (unpaired) electrons. The molecule has 4 nitrogen and oxygen atoms in total. The highest BCUT2D eigenvalue weighted by molar-refractivity contribution is 8.00. The number of hydrogen-bond acceptors (Lipinski definition) is 4. The van der Waals surface area contributed by atoms with Crippen LogP contribution in [0.2, 0.25) is 5.02 Å². The number of carbonyl (C=O) groups is 1. The Balaban J connectivity index is 1.75. The van der Waals surface area contributed by atoms with Crippen molar-refractivity contribution in [3.63, 3.8) is 0 Å². The number of rotatable bonds is 7. The van der Waals surface area contributed by atoms with Gasteiger partial charge in [0.1, 0.15) is 5.75 Å². The average molecular weight is 349 g/mol. The minimum Gasteiger partial charge on any atom is -0.494 e. The number of halogens is 1. The van der Waals surface area contributed by atoms with Crippen LogP contribution in [-0.4, -0.2) is 24.5 Å². The molecule has 2 aromatic rings. The van der Waals surface area contributed by atoms with Crippen LogP contribution in [0.15, 0.2) is 58.5 Å². The lowest BCUT2D eigenvalue weighted by Gasteiger charge is -2.02. The quantitative estimate of drug-likeness (QED) is 0.467. The van der Waals surface area contributed by atoms with Crippen molar-refractivity contribution >= 4 is 35.5 Å². The Morgan fingerprint density at radius 2 is 1.91 bits per heavy atom. The fraction of sp³-hybridized carbons (Fsp3) is 0.176. The van der Waals surface area contributed by atoms with Crippen molar-refractivity contribution in [3.05, 3.63) is 59.1 Å². The number of ether oxygens (including phenoxy) is 1. The monoisotopic (exact) mass is 348 g/mol. The maximum Gasteiger partial charge on any atom is 0.250 e. The zero-order valence-corrected chi connectivity index (χ0v) is 14.2. The van der Waals surface area contributed by atoms with Crippen LogP contribution in [0.1, 0.15) is 12.5 Å². The Bertz CT molecular complexity index is 657. The van der Waals surface area contributed by atoms with Crippen LogP contribution in [0, 0.1) is 0 Å². The zero-order valence-electron chi connectivity index (χ0n) is 12.7. The molecule has 0 atom stereocenters. The zero-order chi connectivity index (χ0) is 16.5. The second-order valence-electron chi connectivity index (χ2n) is 4.54. The highest BCUT2D eigenvalue weighted by atomic mass is 35.5. The number of benzene rings is 2. The third kappa shape index (κ3) is 6.34. The fourth-order valence-corrected chi connectivity index (χ4v) is 2.52. The third-order valence-electron chi connectivity index (χ3n) is 2.78. The van der Waals surface area contributed by atoms with Gasteiger partial charge >= 0.3 is 0 Å². The van der Waals surface area contributed by atoms with Gasteiger partial charge in [-0.3, -0.25) is 4.79 Å². The molecule has 0 aromatic heterocycles. The van der Waals surface area contributed by atoms with Crippen LogP contribution in [0.5, 0.6) is 5.75 Å². The summed E-state index contributed by atoms with van der Waals surface area (Å²) < 4.78 is 5.36. The molecule has 0 aliphatic carbocycles. The van der Waals surface area contributed by atoms with Gasteiger partial charge in [0.2, 0.25) is 5.91 Å². The van der Waals surface area contributed by atoms with E-state index in [1.165, 1.54) is 11.8 Å². The molecule has 2 aromatic carbocycles. The summed E-state index contributed by atoms with van der Waals surface area (Å²) in [7, 11) is 0. The first-order valence-corrected chi connectivity index (χ1v) is 8.47. The van der Waals surface area contributed by atoms with Gasteiger partial charge in [0.25, 0.3) is 0 Å². The Morgan fingerprint density at radius 3 is 2.57 bits per heavy atom. The molecule has 0 saturated heterocycles. The summed E-state index contributed by atoms with van der Waals surface area (Å²) in [4.78, 5) is 12.7. The summed E-state index contributed by atoms with van der Waals surface area (Å²) in [6, 6.07) is 14.8. The van der Waals surface area contributed by atoms with E-state index in [2.05, 4.69) is 10.5 Å². The molecular weight excluding hydrogens is 332 g/mol. The summed E-state index contributed by atoms with van der Waals surface area (Å²) in [5.74, 6) is 0.947. The molecule has 0 saturated carbocycles. The van der Waals surface area contributed by atoms with Crippen LogP contribution in [0.3, 0.4) is 0 Å². The number of amides is 1. The number of nitrogens with one attached hydrogen (secondary N) is 1. The Morgan fingerprint density at radius 1 is 1.22 bits per heavy atom. The molecule has 1 amide bonds. The largest absolute Gasteiger partial charge is 0.494 e. The van der Waals surface area contributed by atoms with Gasteiger partial charge < -0.3 is 4.74 Å². The maximum absolute atomic E-state index is 11.7. The minimum atomic E-state index is -0.160. The lowest BCUT2D eigenvalue weighted by atomic mass is 10.2. The van der Waals surface area contributed by atoms with Crippen LogP contribution in [-0.2, 0) is 4.79 Å². The Kier molecular flexibility index (Phi) is 6.97. The molecule has 120 valence electrons. The van der Waals surface area contributed by atoms with Crippen molar-refractivity contribution in [2.75, 3.05) is 12.4 Å². The van der Waals surface area contributed by atoms with E-state index >= 15 is 0 Å². The summed E-state index contributed by atoms with van der Waals surface area (Å²) in [6.45, 7) is 2.57. The van der Waals surface area contributed by atoms with Crippen LogP contribution in [0.25, 0.3) is 0 Å². The number of hydrazone groups is 1. The van der Waals surface area contributed by atoms with Crippen molar-refractivity contribution in [3.8, 4) is 5.75 Å². The van der Waals surface area contributed by atoms with Crippen molar-refractivity contribution in [2.45, 2.75) is 11.8 Å². The van der Waals surface area contributed by atoms with Gasteiger partial charge in [-0.05, 0) is 61.0 Å². The highest BCUT2D eigenvalue weighted by Gasteiger charge is 2.01. The summed E-state index contributed by atoms with van der Waals surface area (Å²) in [6.07, 6.45) is 1.60. The van der Waals surface area contributed by atoms with E-state index in [-0.39, 0.29) is 5.91 Å². The SMILES string of the molecule is CCOc1ccc(/C=N\NC(=O)CSc2ccc(Cl)cc2)cc1. The minimum absolute atomic E-state index is 0.160. The second kappa shape index (κ2) is 9.22. The fourth-order valence-electron chi connectivity index (χ4n) is 1.71. The number of nitrogens with zero attached hydrogens (tertiary/aromatic N) is 1. The molecule has 0 spiro atoms. The van der Waals surface area contributed by atoms with Gasteiger partial charge in [-0.15, -0.1) is 11.8 Å². The van der Waals surface area contributed by atoms with Crippen LogP contribution in [0.4, 0.5) is 0 Å². The van der Waals surface area contributed by atoms with E-state index in [1.807, 2.05) is 43.3 Å². The van der Waals surface area contributed by atoms with Crippen molar-refractivity contribution < 1.29 is 9.53 Å². The van der Waals surface area contributed by atoms with E-state index in [9.17, 15) is 4.79 Å². The molecule has 2 rings (SSSR count). The van der Waals surface area contributed by atoms with Gasteiger partial charge in [-0.25, -0.2) is 5.43 Å². The molecule has 0 fully saturated rings. The predicted molar refractivity (Wildman–Crippen MR) is 95.5 cm³/mol. The van der Waals surface area contributed by atoms with Crippen LogP contribution >= 0.6 is 23.4 Å². The average Bonchev–Trinajstić information content (AvgIpc) is 2.56. The van der Waals surface area contributed by atoms with E-state index in [0.29, 0.717) is 17.4 Å². The first kappa shape index (κ1) is 17.4. The predicted octanol–water partition coefficient (Wildman–Crippen LogP) is 3.98. The first-order valence-electron chi connectivity index (χ1n) is 7.10. The van der Waals surface area contributed by atoms with Crippen molar-refractivity contribution in [1.82, 2.24) is 5.43 Å². The molecule has 0 aliphatic rings. The maximum atomic E-state index is 11.7. The normalized spacial score (nSPS) is 10.7. The molecule has 0 heterocycles. The molecule has 1 N–H and O–H groups in total. The van der Waals surface area contributed by atoms with Gasteiger partial charge in [-0.1, -0.05) is 11.6 Å². The lowest BCUT2D eigenvalue weighted by Crippen LogP contribution is -2.19. The number of hydrogen-bond donors (Lipinski definition) is 1. The van der Waals surface area contributed by atoms with Gasteiger partial charge in [0.05, 0.1) is 18.6 Å². The number of thioether (sulfide) groups is 1. The molecular formula is C17H17ClN2O2S. The molecule has 23 heavy (non-hydrogen) atoms. The molecule has 0 bridgehead atoms. The van der Waals surface area contributed by atoms with E-state index in [1.54, 1.807) is 18.3 Å². The second-order valence-corrected chi connectivity index (χ2v) is 6.02. The lowest BCUT2D eigenvalue weighted by molar-refractivity contribution is -0.118. The van der Waals surface area contributed by atoms with Crippen LogP contribution < -0.4 is 10.2 Å². The Labute approximate surface area is 144 Å². The van der Waals surface area contributed by atoms with Gasteiger partial charge in [0.15, 0.2) is 0 Å². The standard InChI is InChI=1S/C17H17ClN2O2S/c1-2-22-15-7-3-13(4-8-15)11-19-20-17(21)12-23-16-9-5-14(18)6-10-16/h3-11H,2,12H2,1H3,(H,20,21)/b19-11-. The summed E-state index contributed by atoms with van der Waals surface area (Å²) in [5, 5.41) is 4.62. The van der Waals surface area contributed by atoms with Crippen molar-refractivity contribution in [1.29, 1.82) is 0 Å². The van der Waals surface area contributed by atoms with Crippen molar-refractivity contribution in [2.24, 2.45) is 5.10 Å². The van der Waals surface area contributed by atoms with E-state index in [0.717, 1.165) is 16.2 Å². The van der Waals surface area contributed by atoms with Gasteiger partial charge in [0, 0.05) is 9.92 Å². The summed E-state index contributed by atoms with van der Waals surface area (Å²) >= 11 is 7.24. The molecule has 0 aliphatic heterocycles.